The van der Waals surface area contributed by atoms with Gasteiger partial charge in [-0.3, -0.25) is 0 Å². The Hall–Kier alpha value is -1.58. The predicted molar refractivity (Wildman–Crippen MR) is 75.3 cm³/mol. The minimum absolute atomic E-state index is 0.530. The summed E-state index contributed by atoms with van der Waals surface area (Å²) in [6.45, 7) is 10.3. The second-order valence-electron chi connectivity index (χ2n) is 5.07. The first kappa shape index (κ1) is 14.5. The first-order valence-corrected chi connectivity index (χ1v) is 6.34. The van der Waals surface area contributed by atoms with Gasteiger partial charge in [-0.05, 0) is 46.5 Å². The van der Waals surface area contributed by atoms with Crippen molar-refractivity contribution in [1.29, 1.82) is 0 Å². The van der Waals surface area contributed by atoms with Gasteiger partial charge in [0.15, 0.2) is 0 Å². The van der Waals surface area contributed by atoms with Crippen LogP contribution >= 0.6 is 0 Å². The predicted octanol–water partition coefficient (Wildman–Crippen LogP) is 3.11. The van der Waals surface area contributed by atoms with E-state index in [-0.39, 0.29) is 0 Å². The number of carbonyl (C=O) groups is 1. The van der Waals surface area contributed by atoms with Crippen LogP contribution in [-0.2, 0) is 0 Å². The highest BCUT2D eigenvalue weighted by Crippen LogP contribution is 2.38. The molecular formula is C14H23N3O. The van der Waals surface area contributed by atoms with Crippen molar-refractivity contribution in [1.82, 2.24) is 5.43 Å². The highest BCUT2D eigenvalue weighted by molar-refractivity contribution is 5.83. The van der Waals surface area contributed by atoms with E-state index in [0.29, 0.717) is 5.92 Å². The second kappa shape index (κ2) is 6.38. The maximum absolute atomic E-state index is 10.5. The summed E-state index contributed by atoms with van der Waals surface area (Å²) in [5.74, 6) is 0.530. The Balaban J connectivity index is 2.57. The number of urea groups is 1. The summed E-state index contributed by atoms with van der Waals surface area (Å²) in [5, 5.41) is 3.93. The largest absolute Gasteiger partial charge is 0.350 e. The van der Waals surface area contributed by atoms with E-state index in [2.05, 4.69) is 31.0 Å². The van der Waals surface area contributed by atoms with Crippen LogP contribution in [0.1, 0.15) is 46.5 Å². The van der Waals surface area contributed by atoms with Crippen LogP contribution in [0.3, 0.4) is 0 Å². The van der Waals surface area contributed by atoms with E-state index in [1.165, 1.54) is 29.6 Å². The van der Waals surface area contributed by atoms with Gasteiger partial charge in [-0.15, -0.1) is 0 Å². The van der Waals surface area contributed by atoms with Crippen molar-refractivity contribution in [2.24, 2.45) is 16.8 Å². The monoisotopic (exact) mass is 249 g/mol. The molecule has 0 fully saturated rings. The lowest BCUT2D eigenvalue weighted by molar-refractivity contribution is 0.249. The molecule has 1 atom stereocenters. The molecule has 0 radical (unpaired) electrons. The van der Waals surface area contributed by atoms with Crippen molar-refractivity contribution in [3.63, 3.8) is 0 Å². The van der Waals surface area contributed by atoms with Crippen LogP contribution in [0.2, 0.25) is 0 Å². The van der Waals surface area contributed by atoms with Gasteiger partial charge in [0, 0.05) is 11.6 Å². The molecule has 100 valence electrons. The maximum Gasteiger partial charge on any atom is 0.332 e. The first-order chi connectivity index (χ1) is 8.41. The van der Waals surface area contributed by atoms with Gasteiger partial charge in [0.25, 0.3) is 0 Å². The number of carbonyl (C=O) groups excluding carboxylic acids is 1. The molecule has 0 bridgehead atoms. The van der Waals surface area contributed by atoms with E-state index in [0.717, 1.165) is 18.6 Å². The van der Waals surface area contributed by atoms with Crippen molar-refractivity contribution >= 4 is 11.7 Å². The molecule has 1 aliphatic rings. The minimum Gasteiger partial charge on any atom is -0.350 e. The van der Waals surface area contributed by atoms with E-state index in [1.807, 2.05) is 6.92 Å². The summed E-state index contributed by atoms with van der Waals surface area (Å²) in [4.78, 5) is 10.5. The summed E-state index contributed by atoms with van der Waals surface area (Å²) >= 11 is 0. The highest BCUT2D eigenvalue weighted by Gasteiger charge is 2.23. The van der Waals surface area contributed by atoms with Gasteiger partial charge < -0.3 is 5.73 Å². The molecule has 0 aromatic rings. The minimum atomic E-state index is -0.620. The number of nitrogens with one attached hydrogen (secondary N) is 1. The Morgan fingerprint density at radius 2 is 2.22 bits per heavy atom. The third kappa shape index (κ3) is 4.02. The number of hydrogen-bond donors (Lipinski definition) is 2. The van der Waals surface area contributed by atoms with Crippen LogP contribution < -0.4 is 11.2 Å². The molecule has 4 nitrogen and oxygen atoms in total. The van der Waals surface area contributed by atoms with Gasteiger partial charge in [-0.2, -0.15) is 5.10 Å². The number of nitrogens with two attached hydrogens (primary N) is 1. The number of nitrogens with zero attached hydrogens (tertiary/aromatic N) is 1. The topological polar surface area (TPSA) is 67.5 Å². The zero-order valence-electron chi connectivity index (χ0n) is 11.5. The van der Waals surface area contributed by atoms with E-state index in [9.17, 15) is 4.79 Å². The van der Waals surface area contributed by atoms with Gasteiger partial charge in [0.2, 0.25) is 0 Å². The molecule has 0 saturated heterocycles. The molecule has 0 aliphatic heterocycles. The van der Waals surface area contributed by atoms with Crippen LogP contribution in [0.25, 0.3) is 0 Å². The molecule has 1 rings (SSSR count). The molecular weight excluding hydrogens is 226 g/mol. The molecule has 0 saturated carbocycles. The Bertz CT molecular complexity index is 407. The summed E-state index contributed by atoms with van der Waals surface area (Å²) in [6.07, 6.45) is 4.19. The Labute approximate surface area is 109 Å². The van der Waals surface area contributed by atoms with E-state index in [4.69, 9.17) is 5.73 Å². The van der Waals surface area contributed by atoms with E-state index in [1.54, 1.807) is 0 Å². The average Bonchev–Trinajstić information content (AvgIpc) is 2.65. The molecule has 2 amide bonds. The Kier molecular flexibility index (Phi) is 5.13. The fourth-order valence-electron chi connectivity index (χ4n) is 2.45. The standard InChI is InChI=1S/C14H23N3O/c1-9(2)12-7-5-10(3)13(12)8-6-11(4)16-17-14(15)18/h12H,1,5-8H2,2-4H3,(H3,15,17,18)/b16-11+/t12-/m0/s1. The fraction of sp³-hybridized carbons (Fsp3) is 0.571. The second-order valence-corrected chi connectivity index (χ2v) is 5.07. The zero-order valence-corrected chi connectivity index (χ0v) is 11.5. The van der Waals surface area contributed by atoms with Crippen LogP contribution in [-0.4, -0.2) is 11.7 Å². The number of rotatable bonds is 5. The first-order valence-electron chi connectivity index (χ1n) is 6.34. The van der Waals surface area contributed by atoms with Gasteiger partial charge in [-0.1, -0.05) is 23.3 Å². The van der Waals surface area contributed by atoms with Crippen molar-refractivity contribution in [2.75, 3.05) is 0 Å². The van der Waals surface area contributed by atoms with Crippen molar-refractivity contribution in [3.8, 4) is 0 Å². The van der Waals surface area contributed by atoms with Crippen LogP contribution in [0, 0.1) is 5.92 Å². The zero-order chi connectivity index (χ0) is 13.7. The van der Waals surface area contributed by atoms with Gasteiger partial charge in [-0.25, -0.2) is 10.2 Å². The fourth-order valence-corrected chi connectivity index (χ4v) is 2.45. The normalized spacial score (nSPS) is 20.2. The molecule has 4 heteroatoms. The smallest absolute Gasteiger partial charge is 0.332 e. The molecule has 0 aromatic carbocycles. The van der Waals surface area contributed by atoms with Crippen molar-refractivity contribution in [2.45, 2.75) is 46.5 Å². The van der Waals surface area contributed by atoms with Gasteiger partial charge in [0.05, 0.1) is 0 Å². The molecule has 0 heterocycles. The number of hydrogen-bond acceptors (Lipinski definition) is 2. The van der Waals surface area contributed by atoms with Gasteiger partial charge >= 0.3 is 6.03 Å². The number of hydrazone groups is 1. The van der Waals surface area contributed by atoms with Crippen molar-refractivity contribution in [3.05, 3.63) is 23.3 Å². The molecule has 18 heavy (non-hydrogen) atoms. The lowest BCUT2D eigenvalue weighted by Crippen LogP contribution is -2.25. The molecule has 0 spiro atoms. The van der Waals surface area contributed by atoms with Crippen LogP contribution in [0.4, 0.5) is 4.79 Å². The average molecular weight is 249 g/mol. The van der Waals surface area contributed by atoms with Gasteiger partial charge in [0.1, 0.15) is 0 Å². The molecule has 0 unspecified atom stereocenters. The highest BCUT2D eigenvalue weighted by atomic mass is 16.2. The number of allylic oxidation sites excluding steroid dienone is 3. The molecule has 1 aliphatic carbocycles. The molecule has 0 aromatic heterocycles. The summed E-state index contributed by atoms with van der Waals surface area (Å²) in [7, 11) is 0. The third-order valence-electron chi connectivity index (χ3n) is 3.48. The number of amides is 2. The summed E-state index contributed by atoms with van der Waals surface area (Å²) < 4.78 is 0. The van der Waals surface area contributed by atoms with Crippen LogP contribution in [0.5, 0.6) is 0 Å². The van der Waals surface area contributed by atoms with E-state index >= 15 is 0 Å². The molecule has 3 N–H and O–H groups in total. The lowest BCUT2D eigenvalue weighted by Gasteiger charge is -2.15. The maximum atomic E-state index is 10.5. The third-order valence-corrected chi connectivity index (χ3v) is 3.48. The lowest BCUT2D eigenvalue weighted by atomic mass is 9.90. The Morgan fingerprint density at radius 3 is 2.78 bits per heavy atom. The number of primary amides is 1. The summed E-state index contributed by atoms with van der Waals surface area (Å²) in [5.41, 5.74) is 12.3. The van der Waals surface area contributed by atoms with Crippen molar-refractivity contribution < 1.29 is 4.79 Å². The summed E-state index contributed by atoms with van der Waals surface area (Å²) in [6, 6.07) is -0.620. The van der Waals surface area contributed by atoms with E-state index < -0.39 is 6.03 Å². The SMILES string of the molecule is C=C(C)[C@@H]1CCC(C)=C1CC/C(C)=N/NC(N)=O. The van der Waals surface area contributed by atoms with Crippen LogP contribution in [0.15, 0.2) is 28.4 Å². The quantitative estimate of drug-likeness (QED) is 0.439. The Morgan fingerprint density at radius 1 is 1.56 bits per heavy atom.